The van der Waals surface area contributed by atoms with Crippen LogP contribution in [0.3, 0.4) is 0 Å². The van der Waals surface area contributed by atoms with Crippen molar-refractivity contribution in [2.24, 2.45) is 4.99 Å². The molecular formula is C26H31N5. The molecule has 160 valence electrons. The van der Waals surface area contributed by atoms with Crippen LogP contribution in [0, 0.1) is 6.92 Å². The van der Waals surface area contributed by atoms with Gasteiger partial charge < -0.3 is 10.6 Å². The average Bonchev–Trinajstić information content (AvgIpc) is 3.31. The molecule has 0 atom stereocenters. The summed E-state index contributed by atoms with van der Waals surface area (Å²) in [6, 6.07) is 21.7. The Bertz CT molecular complexity index is 956. The molecule has 0 radical (unpaired) electrons. The van der Waals surface area contributed by atoms with E-state index in [1.807, 2.05) is 13.8 Å². The molecule has 2 N–H and O–H groups in total. The molecule has 0 unspecified atom stereocenters. The van der Waals surface area contributed by atoms with E-state index in [2.05, 4.69) is 81.3 Å². The Hall–Kier alpha value is -3.21. The highest BCUT2D eigenvalue weighted by Gasteiger charge is 2.19. The van der Waals surface area contributed by atoms with Crippen molar-refractivity contribution >= 4 is 23.7 Å². The summed E-state index contributed by atoms with van der Waals surface area (Å²) in [5.41, 5.74) is 4.24. The molecule has 1 aromatic heterocycles. The maximum absolute atomic E-state index is 4.83. The van der Waals surface area contributed by atoms with Gasteiger partial charge in [0.15, 0.2) is 5.82 Å². The van der Waals surface area contributed by atoms with E-state index in [-0.39, 0.29) is 5.92 Å². The Balaban J connectivity index is 1.61. The van der Waals surface area contributed by atoms with E-state index >= 15 is 0 Å². The smallest absolute Gasteiger partial charge is 0.225 e. The first kappa shape index (κ1) is 21.0. The van der Waals surface area contributed by atoms with Crippen molar-refractivity contribution in [2.45, 2.75) is 51.5 Å². The lowest BCUT2D eigenvalue weighted by Gasteiger charge is -2.21. The summed E-state index contributed by atoms with van der Waals surface area (Å²) in [6.07, 6.45) is 6.71. The van der Waals surface area contributed by atoms with Gasteiger partial charge in [0.25, 0.3) is 0 Å². The minimum absolute atomic E-state index is 0.211. The van der Waals surface area contributed by atoms with Gasteiger partial charge in [0.2, 0.25) is 5.95 Å². The standard InChI is InChI=1S/C26H31N5/c1-3-27-24-19(2)29-26(30-22-16-10-11-17-22)31-25(24)28-18-23(20-12-6-4-7-13-20)21-14-8-5-9-15-21/h3-9,12-15,22-23H,10-11,16-18H2,1-2H3,(H2,28,29,30,31). The zero-order valence-electron chi connectivity index (χ0n) is 18.4. The molecule has 0 amide bonds. The predicted molar refractivity (Wildman–Crippen MR) is 130 cm³/mol. The van der Waals surface area contributed by atoms with E-state index in [9.17, 15) is 0 Å². The van der Waals surface area contributed by atoms with Crippen molar-refractivity contribution in [3.63, 3.8) is 0 Å². The van der Waals surface area contributed by atoms with E-state index in [1.54, 1.807) is 6.21 Å². The summed E-state index contributed by atoms with van der Waals surface area (Å²) in [5, 5.41) is 7.12. The molecule has 1 fully saturated rings. The third kappa shape index (κ3) is 5.29. The fraction of sp³-hybridized carbons (Fsp3) is 0.346. The van der Waals surface area contributed by atoms with Gasteiger partial charge in [-0.2, -0.15) is 4.98 Å². The van der Waals surface area contributed by atoms with Crippen LogP contribution in [-0.4, -0.2) is 28.8 Å². The van der Waals surface area contributed by atoms with Crippen molar-refractivity contribution in [3.05, 3.63) is 77.5 Å². The Kier molecular flexibility index (Phi) is 6.92. The summed E-state index contributed by atoms with van der Waals surface area (Å²) >= 11 is 0. The Labute approximate surface area is 185 Å². The van der Waals surface area contributed by atoms with Gasteiger partial charge in [0, 0.05) is 24.7 Å². The van der Waals surface area contributed by atoms with E-state index in [1.165, 1.54) is 36.8 Å². The molecule has 2 aromatic carbocycles. The van der Waals surface area contributed by atoms with Crippen molar-refractivity contribution in [3.8, 4) is 0 Å². The summed E-state index contributed by atoms with van der Waals surface area (Å²) in [6.45, 7) is 4.64. The molecule has 0 bridgehead atoms. The van der Waals surface area contributed by atoms with Crippen LogP contribution in [0.15, 0.2) is 65.7 Å². The summed E-state index contributed by atoms with van der Waals surface area (Å²) in [4.78, 5) is 14.1. The van der Waals surface area contributed by atoms with Gasteiger partial charge >= 0.3 is 0 Å². The zero-order chi connectivity index (χ0) is 21.5. The number of nitrogens with one attached hydrogen (secondary N) is 2. The number of nitrogens with zero attached hydrogens (tertiary/aromatic N) is 3. The van der Waals surface area contributed by atoms with Crippen molar-refractivity contribution in [1.82, 2.24) is 9.97 Å². The third-order valence-electron chi connectivity index (χ3n) is 5.88. The quantitative estimate of drug-likeness (QED) is 0.438. The van der Waals surface area contributed by atoms with Crippen LogP contribution in [-0.2, 0) is 0 Å². The lowest BCUT2D eigenvalue weighted by molar-refractivity contribution is 0.743. The van der Waals surface area contributed by atoms with Crippen LogP contribution in [0.5, 0.6) is 0 Å². The van der Waals surface area contributed by atoms with Gasteiger partial charge in [0.1, 0.15) is 5.69 Å². The highest BCUT2D eigenvalue weighted by atomic mass is 15.2. The first-order chi connectivity index (χ1) is 15.2. The molecule has 0 saturated heterocycles. The van der Waals surface area contributed by atoms with Crippen LogP contribution in [0.1, 0.15) is 55.3 Å². The van der Waals surface area contributed by atoms with Crippen LogP contribution in [0.25, 0.3) is 0 Å². The van der Waals surface area contributed by atoms with Crippen molar-refractivity contribution in [1.29, 1.82) is 0 Å². The van der Waals surface area contributed by atoms with Gasteiger partial charge in [-0.05, 0) is 37.8 Å². The third-order valence-corrected chi connectivity index (χ3v) is 5.88. The Morgan fingerprint density at radius 2 is 1.58 bits per heavy atom. The molecule has 5 heteroatoms. The fourth-order valence-electron chi connectivity index (χ4n) is 4.29. The maximum atomic E-state index is 4.83. The number of hydrogen-bond acceptors (Lipinski definition) is 5. The topological polar surface area (TPSA) is 62.2 Å². The first-order valence-electron chi connectivity index (χ1n) is 11.2. The SMILES string of the molecule is CC=Nc1c(C)nc(NC2CCCC2)nc1NCC(c1ccccc1)c1ccccc1. The Morgan fingerprint density at radius 3 is 2.16 bits per heavy atom. The van der Waals surface area contributed by atoms with E-state index in [0.717, 1.165) is 23.7 Å². The molecule has 4 rings (SSSR count). The minimum atomic E-state index is 0.211. The van der Waals surface area contributed by atoms with Gasteiger partial charge in [-0.15, -0.1) is 0 Å². The molecule has 1 aliphatic rings. The summed E-state index contributed by atoms with van der Waals surface area (Å²) in [5.74, 6) is 1.68. The van der Waals surface area contributed by atoms with E-state index in [4.69, 9.17) is 4.98 Å². The summed E-state index contributed by atoms with van der Waals surface area (Å²) < 4.78 is 0. The number of aliphatic imine (C=N–C) groups is 1. The second-order valence-corrected chi connectivity index (χ2v) is 8.10. The maximum Gasteiger partial charge on any atom is 0.225 e. The number of benzene rings is 2. The van der Waals surface area contributed by atoms with Gasteiger partial charge in [0.05, 0.1) is 5.69 Å². The van der Waals surface area contributed by atoms with Gasteiger partial charge in [-0.1, -0.05) is 73.5 Å². The van der Waals surface area contributed by atoms with E-state index in [0.29, 0.717) is 12.0 Å². The van der Waals surface area contributed by atoms with Crippen LogP contribution in [0.4, 0.5) is 17.5 Å². The normalized spacial score (nSPS) is 14.4. The number of aryl methyl sites for hydroxylation is 1. The number of anilines is 2. The van der Waals surface area contributed by atoms with Crippen molar-refractivity contribution in [2.75, 3.05) is 17.2 Å². The molecule has 31 heavy (non-hydrogen) atoms. The number of aromatic nitrogens is 2. The molecule has 5 nitrogen and oxygen atoms in total. The second kappa shape index (κ2) is 10.2. The fourth-order valence-corrected chi connectivity index (χ4v) is 4.29. The largest absolute Gasteiger partial charge is 0.367 e. The molecule has 1 aliphatic carbocycles. The van der Waals surface area contributed by atoms with Crippen LogP contribution in [0.2, 0.25) is 0 Å². The second-order valence-electron chi connectivity index (χ2n) is 8.10. The monoisotopic (exact) mass is 413 g/mol. The van der Waals surface area contributed by atoms with Crippen LogP contribution < -0.4 is 10.6 Å². The van der Waals surface area contributed by atoms with Gasteiger partial charge in [-0.3, -0.25) is 4.99 Å². The average molecular weight is 414 g/mol. The lowest BCUT2D eigenvalue weighted by atomic mass is 9.91. The molecule has 3 aromatic rings. The van der Waals surface area contributed by atoms with Gasteiger partial charge in [-0.25, -0.2) is 4.98 Å². The zero-order valence-corrected chi connectivity index (χ0v) is 18.4. The molecular weight excluding hydrogens is 382 g/mol. The van der Waals surface area contributed by atoms with E-state index < -0.39 is 0 Å². The van der Waals surface area contributed by atoms with Crippen LogP contribution >= 0.6 is 0 Å². The number of rotatable bonds is 8. The highest BCUT2D eigenvalue weighted by molar-refractivity contribution is 5.71. The minimum Gasteiger partial charge on any atom is -0.367 e. The first-order valence-corrected chi connectivity index (χ1v) is 11.2. The molecule has 1 heterocycles. The lowest BCUT2D eigenvalue weighted by Crippen LogP contribution is -2.19. The predicted octanol–water partition coefficient (Wildman–Crippen LogP) is 6.11. The Morgan fingerprint density at radius 1 is 0.968 bits per heavy atom. The molecule has 0 spiro atoms. The molecule has 1 saturated carbocycles. The summed E-state index contributed by atoms with van der Waals surface area (Å²) in [7, 11) is 0. The van der Waals surface area contributed by atoms with Crippen molar-refractivity contribution < 1.29 is 0 Å². The highest BCUT2D eigenvalue weighted by Crippen LogP contribution is 2.31. The number of hydrogen-bond donors (Lipinski definition) is 2. The molecule has 0 aliphatic heterocycles.